The summed E-state index contributed by atoms with van der Waals surface area (Å²) in [4.78, 5) is 4.44. The first-order valence-corrected chi connectivity index (χ1v) is 8.66. The average molecular weight is 370 g/mol. The highest BCUT2D eigenvalue weighted by atomic mass is 35.5. The van der Waals surface area contributed by atoms with Crippen LogP contribution in [0.2, 0.25) is 5.02 Å². The van der Waals surface area contributed by atoms with Gasteiger partial charge in [0.2, 0.25) is 5.95 Å². The van der Waals surface area contributed by atoms with Gasteiger partial charge in [0.25, 0.3) is 0 Å². The summed E-state index contributed by atoms with van der Waals surface area (Å²) in [6, 6.07) is 11.5. The molecule has 7 heteroatoms. The van der Waals surface area contributed by atoms with Crippen molar-refractivity contribution < 1.29 is 4.74 Å². The Morgan fingerprint density at radius 1 is 1.08 bits per heavy atom. The highest BCUT2D eigenvalue weighted by Crippen LogP contribution is 2.29. The van der Waals surface area contributed by atoms with Crippen molar-refractivity contribution in [2.45, 2.75) is 20.8 Å². The van der Waals surface area contributed by atoms with Crippen molar-refractivity contribution in [3.63, 3.8) is 0 Å². The Morgan fingerprint density at radius 3 is 2.54 bits per heavy atom. The lowest BCUT2D eigenvalue weighted by molar-refractivity contribution is 0.340. The largest absolute Gasteiger partial charge is 0.494 e. The summed E-state index contributed by atoms with van der Waals surface area (Å²) >= 11 is 6.34. The molecule has 0 saturated carbocycles. The fraction of sp³-hybridized carbons (Fsp3) is 0.211. The van der Waals surface area contributed by atoms with Gasteiger partial charge in [-0.2, -0.15) is 10.1 Å². The number of rotatable bonds is 6. The van der Waals surface area contributed by atoms with Gasteiger partial charge in [-0.1, -0.05) is 17.7 Å². The lowest BCUT2D eigenvalue weighted by Gasteiger charge is -2.12. The van der Waals surface area contributed by atoms with Crippen LogP contribution in [0.4, 0.5) is 23.1 Å². The lowest BCUT2D eigenvalue weighted by Crippen LogP contribution is -2.03. The molecule has 1 heterocycles. The molecule has 0 fully saturated rings. The molecule has 0 aliphatic carbocycles. The smallest absolute Gasteiger partial charge is 0.249 e. The number of hydrogen-bond donors (Lipinski definition) is 2. The number of halogens is 1. The number of hydrogen-bond acceptors (Lipinski definition) is 6. The molecule has 2 aromatic carbocycles. The normalized spacial score (nSPS) is 10.5. The molecule has 6 nitrogen and oxygen atoms in total. The van der Waals surface area contributed by atoms with Gasteiger partial charge in [-0.3, -0.25) is 0 Å². The molecule has 26 heavy (non-hydrogen) atoms. The standard InChI is InChI=1S/C19H20ClN5O/c1-4-26-15-7-5-14(6-8-15)22-19-24-17(11-21-25-19)23-18-13(3)9-12(2)10-16(18)20/h5-11H,4H2,1-3H3,(H2,22,23,24,25). The summed E-state index contributed by atoms with van der Waals surface area (Å²) in [5.74, 6) is 1.76. The van der Waals surface area contributed by atoms with Crippen LogP contribution in [0, 0.1) is 13.8 Å². The van der Waals surface area contributed by atoms with E-state index in [1.165, 1.54) is 0 Å². The van der Waals surface area contributed by atoms with Crippen LogP contribution in [0.1, 0.15) is 18.1 Å². The van der Waals surface area contributed by atoms with Crippen molar-refractivity contribution in [3.05, 3.63) is 58.7 Å². The van der Waals surface area contributed by atoms with Crippen LogP contribution in [-0.4, -0.2) is 21.8 Å². The van der Waals surface area contributed by atoms with E-state index in [4.69, 9.17) is 16.3 Å². The maximum absolute atomic E-state index is 6.34. The Kier molecular flexibility index (Phi) is 5.53. The number of aryl methyl sites for hydroxylation is 2. The molecule has 0 radical (unpaired) electrons. The van der Waals surface area contributed by atoms with Crippen LogP contribution in [0.15, 0.2) is 42.6 Å². The predicted octanol–water partition coefficient (Wildman–Crippen LogP) is 5.03. The van der Waals surface area contributed by atoms with Crippen molar-refractivity contribution in [2.75, 3.05) is 17.2 Å². The minimum absolute atomic E-state index is 0.389. The van der Waals surface area contributed by atoms with Gasteiger partial charge >= 0.3 is 0 Å². The van der Waals surface area contributed by atoms with Crippen LogP contribution in [0.5, 0.6) is 5.75 Å². The van der Waals surface area contributed by atoms with Crippen LogP contribution in [0.3, 0.4) is 0 Å². The molecule has 0 aliphatic rings. The number of ether oxygens (including phenoxy) is 1. The average Bonchev–Trinajstić information content (AvgIpc) is 2.60. The molecule has 0 atom stereocenters. The first-order chi connectivity index (χ1) is 12.5. The zero-order chi connectivity index (χ0) is 18.5. The van der Waals surface area contributed by atoms with Gasteiger partial charge in [0.1, 0.15) is 5.75 Å². The topological polar surface area (TPSA) is 72.0 Å². The van der Waals surface area contributed by atoms with Gasteiger partial charge in [0, 0.05) is 5.69 Å². The third kappa shape index (κ3) is 4.40. The molecule has 0 saturated heterocycles. The number of aromatic nitrogens is 3. The monoisotopic (exact) mass is 369 g/mol. The number of nitrogens with zero attached hydrogens (tertiary/aromatic N) is 3. The summed E-state index contributed by atoms with van der Waals surface area (Å²) in [5.41, 5.74) is 3.80. The number of benzene rings is 2. The van der Waals surface area contributed by atoms with E-state index in [1.807, 2.05) is 51.1 Å². The Bertz CT molecular complexity index is 876. The van der Waals surface area contributed by atoms with Crippen LogP contribution < -0.4 is 15.4 Å². The molecule has 3 aromatic rings. The second kappa shape index (κ2) is 8.01. The Labute approximate surface area is 157 Å². The van der Waals surface area contributed by atoms with Crippen molar-refractivity contribution in [1.29, 1.82) is 0 Å². The molecule has 1 aromatic heterocycles. The summed E-state index contributed by atoms with van der Waals surface area (Å²) in [6.07, 6.45) is 1.55. The third-order valence-corrected chi connectivity index (χ3v) is 3.96. The van der Waals surface area contributed by atoms with E-state index >= 15 is 0 Å². The molecule has 3 rings (SSSR count). The first kappa shape index (κ1) is 17.9. The first-order valence-electron chi connectivity index (χ1n) is 8.28. The van der Waals surface area contributed by atoms with Gasteiger partial charge in [-0.05, 0) is 62.2 Å². The fourth-order valence-corrected chi connectivity index (χ4v) is 2.92. The SMILES string of the molecule is CCOc1ccc(Nc2nncc(Nc3c(C)cc(C)cc3Cl)n2)cc1. The summed E-state index contributed by atoms with van der Waals surface area (Å²) in [5, 5.41) is 15.0. The van der Waals surface area contributed by atoms with Crippen molar-refractivity contribution >= 4 is 34.7 Å². The number of nitrogens with one attached hydrogen (secondary N) is 2. The molecule has 0 amide bonds. The second-order valence-corrected chi connectivity index (χ2v) is 6.22. The molecule has 0 spiro atoms. The van der Waals surface area contributed by atoms with E-state index in [0.717, 1.165) is 28.3 Å². The molecule has 0 aliphatic heterocycles. The molecule has 134 valence electrons. The van der Waals surface area contributed by atoms with E-state index in [1.54, 1.807) is 6.20 Å². The van der Waals surface area contributed by atoms with E-state index in [9.17, 15) is 0 Å². The molecule has 0 bridgehead atoms. The van der Waals surface area contributed by atoms with Gasteiger partial charge in [-0.15, -0.1) is 5.10 Å². The van der Waals surface area contributed by atoms with E-state index in [0.29, 0.717) is 23.4 Å². The molecular weight excluding hydrogens is 350 g/mol. The van der Waals surface area contributed by atoms with E-state index in [2.05, 4.69) is 31.9 Å². The zero-order valence-electron chi connectivity index (χ0n) is 14.9. The summed E-state index contributed by atoms with van der Waals surface area (Å²) in [6.45, 7) is 6.59. The van der Waals surface area contributed by atoms with E-state index in [-0.39, 0.29) is 0 Å². The van der Waals surface area contributed by atoms with Crippen LogP contribution in [0.25, 0.3) is 0 Å². The molecule has 0 unspecified atom stereocenters. The number of anilines is 4. The maximum Gasteiger partial charge on any atom is 0.249 e. The minimum Gasteiger partial charge on any atom is -0.494 e. The molecular formula is C19H20ClN5O. The van der Waals surface area contributed by atoms with Gasteiger partial charge in [-0.25, -0.2) is 0 Å². The Morgan fingerprint density at radius 2 is 1.85 bits per heavy atom. The second-order valence-electron chi connectivity index (χ2n) is 5.81. The quantitative estimate of drug-likeness (QED) is 0.635. The molecule has 2 N–H and O–H groups in total. The van der Waals surface area contributed by atoms with Crippen LogP contribution >= 0.6 is 11.6 Å². The van der Waals surface area contributed by atoms with Crippen LogP contribution in [-0.2, 0) is 0 Å². The third-order valence-electron chi connectivity index (χ3n) is 3.67. The summed E-state index contributed by atoms with van der Waals surface area (Å²) in [7, 11) is 0. The van der Waals surface area contributed by atoms with Crippen molar-refractivity contribution in [3.8, 4) is 5.75 Å². The van der Waals surface area contributed by atoms with Gasteiger partial charge in [0.05, 0.1) is 23.5 Å². The van der Waals surface area contributed by atoms with Gasteiger partial charge < -0.3 is 15.4 Å². The summed E-state index contributed by atoms with van der Waals surface area (Å²) < 4.78 is 5.43. The highest BCUT2D eigenvalue weighted by molar-refractivity contribution is 6.33. The Hall–Kier alpha value is -2.86. The van der Waals surface area contributed by atoms with Crippen molar-refractivity contribution in [2.24, 2.45) is 0 Å². The fourth-order valence-electron chi connectivity index (χ4n) is 2.55. The highest BCUT2D eigenvalue weighted by Gasteiger charge is 2.08. The zero-order valence-corrected chi connectivity index (χ0v) is 15.6. The van der Waals surface area contributed by atoms with Gasteiger partial charge in [0.15, 0.2) is 5.82 Å². The van der Waals surface area contributed by atoms with Crippen molar-refractivity contribution in [1.82, 2.24) is 15.2 Å². The Balaban J connectivity index is 1.76. The minimum atomic E-state index is 0.389. The lowest BCUT2D eigenvalue weighted by atomic mass is 10.1. The predicted molar refractivity (Wildman–Crippen MR) is 105 cm³/mol. The van der Waals surface area contributed by atoms with E-state index < -0.39 is 0 Å². The maximum atomic E-state index is 6.34.